The van der Waals surface area contributed by atoms with Crippen LogP contribution in [0.25, 0.3) is 0 Å². The van der Waals surface area contributed by atoms with E-state index >= 15 is 0 Å². The third-order valence-corrected chi connectivity index (χ3v) is 2.82. The first-order chi connectivity index (χ1) is 6.79. The smallest absolute Gasteiger partial charge is 0.123 e. The summed E-state index contributed by atoms with van der Waals surface area (Å²) in [6, 6.07) is 5.77. The minimum Gasteiger partial charge on any atom is -0.496 e. The molecule has 0 amide bonds. The van der Waals surface area contributed by atoms with Crippen LogP contribution in [-0.4, -0.2) is 25.1 Å². The molecule has 1 aromatic rings. The summed E-state index contributed by atoms with van der Waals surface area (Å²) < 4.78 is 5.28. The van der Waals surface area contributed by atoms with Gasteiger partial charge in [-0.05, 0) is 37.7 Å². The van der Waals surface area contributed by atoms with E-state index < -0.39 is 0 Å². The average Bonchev–Trinajstić information content (AvgIpc) is 2.12. The maximum absolute atomic E-state index is 5.94. The molecule has 2 rings (SSSR count). The summed E-state index contributed by atoms with van der Waals surface area (Å²) in [6.45, 7) is 3.33. The zero-order valence-electron chi connectivity index (χ0n) is 8.29. The second-order valence-corrected chi connectivity index (χ2v) is 4.02. The molecule has 0 spiro atoms. The van der Waals surface area contributed by atoms with Crippen molar-refractivity contribution in [2.75, 3.05) is 20.2 Å². The Morgan fingerprint density at radius 3 is 2.79 bits per heavy atom. The molecule has 14 heavy (non-hydrogen) atoms. The van der Waals surface area contributed by atoms with Crippen molar-refractivity contribution < 1.29 is 4.74 Å². The number of nitrogens with zero attached hydrogens (tertiary/aromatic N) is 1. The number of methoxy groups -OCH3 is 1. The van der Waals surface area contributed by atoms with Gasteiger partial charge >= 0.3 is 0 Å². The molecule has 1 aliphatic heterocycles. The summed E-state index contributed by atoms with van der Waals surface area (Å²) in [5.41, 5.74) is 1.18. The normalized spacial score (nSPS) is 16.4. The fraction of sp³-hybridized carbons (Fsp3) is 0.455. The molecule has 0 bridgehead atoms. The monoisotopic (exact) mass is 211 g/mol. The van der Waals surface area contributed by atoms with Crippen LogP contribution in [0, 0.1) is 0 Å². The summed E-state index contributed by atoms with van der Waals surface area (Å²) in [6.07, 6.45) is 1.31. The molecule has 2 nitrogen and oxygen atoms in total. The summed E-state index contributed by atoms with van der Waals surface area (Å²) in [7, 11) is 1.70. The Hall–Kier alpha value is -0.730. The summed E-state index contributed by atoms with van der Waals surface area (Å²) in [5.74, 6) is 0.932. The molecule has 0 radical (unpaired) electrons. The first-order valence-electron chi connectivity index (χ1n) is 4.84. The molecule has 0 atom stereocenters. The van der Waals surface area contributed by atoms with E-state index in [-0.39, 0.29) is 0 Å². The van der Waals surface area contributed by atoms with Crippen molar-refractivity contribution >= 4 is 11.6 Å². The predicted molar refractivity (Wildman–Crippen MR) is 57.9 cm³/mol. The fourth-order valence-corrected chi connectivity index (χ4v) is 1.85. The van der Waals surface area contributed by atoms with Gasteiger partial charge < -0.3 is 4.74 Å². The SMILES string of the molecule is COc1ccc(Cl)cc1CN1CCC1. The number of hydrogen-bond acceptors (Lipinski definition) is 2. The summed E-state index contributed by atoms with van der Waals surface area (Å²) >= 11 is 5.94. The van der Waals surface area contributed by atoms with E-state index in [2.05, 4.69) is 4.90 Å². The third kappa shape index (κ3) is 2.02. The van der Waals surface area contributed by atoms with E-state index in [9.17, 15) is 0 Å². The first-order valence-corrected chi connectivity index (χ1v) is 5.22. The molecular weight excluding hydrogens is 198 g/mol. The minimum atomic E-state index is 0.779. The molecule has 1 fully saturated rings. The van der Waals surface area contributed by atoms with Crippen molar-refractivity contribution in [3.63, 3.8) is 0 Å². The van der Waals surface area contributed by atoms with Gasteiger partial charge in [0.1, 0.15) is 5.75 Å². The van der Waals surface area contributed by atoms with E-state index in [4.69, 9.17) is 16.3 Å². The van der Waals surface area contributed by atoms with Gasteiger partial charge in [-0.3, -0.25) is 4.90 Å². The molecule has 0 saturated carbocycles. The molecule has 0 aliphatic carbocycles. The minimum absolute atomic E-state index is 0.779. The van der Waals surface area contributed by atoms with Crippen LogP contribution in [0.1, 0.15) is 12.0 Å². The molecule has 0 unspecified atom stereocenters. The molecule has 1 heterocycles. The molecule has 0 aromatic heterocycles. The van der Waals surface area contributed by atoms with Gasteiger partial charge in [0.2, 0.25) is 0 Å². The van der Waals surface area contributed by atoms with Crippen molar-refractivity contribution in [1.29, 1.82) is 0 Å². The summed E-state index contributed by atoms with van der Waals surface area (Å²) in [5, 5.41) is 0.779. The molecule has 1 aliphatic rings. The molecule has 76 valence electrons. The van der Waals surface area contributed by atoms with Gasteiger partial charge in [0.25, 0.3) is 0 Å². The van der Waals surface area contributed by atoms with Gasteiger partial charge in [-0.2, -0.15) is 0 Å². The Morgan fingerprint density at radius 2 is 2.21 bits per heavy atom. The van der Waals surface area contributed by atoms with Crippen LogP contribution in [0.3, 0.4) is 0 Å². The van der Waals surface area contributed by atoms with Gasteiger partial charge in [0.05, 0.1) is 7.11 Å². The molecule has 1 saturated heterocycles. The van der Waals surface area contributed by atoms with Crippen LogP contribution in [0.4, 0.5) is 0 Å². The van der Waals surface area contributed by atoms with Crippen LogP contribution in [0.5, 0.6) is 5.75 Å². The Labute approximate surface area is 89.4 Å². The van der Waals surface area contributed by atoms with E-state index in [1.54, 1.807) is 7.11 Å². The van der Waals surface area contributed by atoms with Crippen molar-refractivity contribution in [1.82, 2.24) is 4.90 Å². The molecule has 0 N–H and O–H groups in total. The van der Waals surface area contributed by atoms with Crippen LogP contribution in [0.2, 0.25) is 5.02 Å². The van der Waals surface area contributed by atoms with Crippen LogP contribution in [-0.2, 0) is 6.54 Å². The van der Waals surface area contributed by atoms with Crippen molar-refractivity contribution in [3.8, 4) is 5.75 Å². The topological polar surface area (TPSA) is 12.5 Å². The Morgan fingerprint density at radius 1 is 1.43 bits per heavy atom. The highest BCUT2D eigenvalue weighted by Crippen LogP contribution is 2.25. The summed E-state index contributed by atoms with van der Waals surface area (Å²) in [4.78, 5) is 2.38. The highest BCUT2D eigenvalue weighted by atomic mass is 35.5. The Bertz CT molecular complexity index is 323. The largest absolute Gasteiger partial charge is 0.496 e. The van der Waals surface area contributed by atoms with Gasteiger partial charge in [-0.15, -0.1) is 0 Å². The highest BCUT2D eigenvalue weighted by molar-refractivity contribution is 6.30. The maximum atomic E-state index is 5.94. The van der Waals surface area contributed by atoms with Gasteiger partial charge in [0.15, 0.2) is 0 Å². The lowest BCUT2D eigenvalue weighted by Gasteiger charge is -2.31. The fourth-order valence-electron chi connectivity index (χ4n) is 1.65. The van der Waals surface area contributed by atoms with Crippen molar-refractivity contribution in [3.05, 3.63) is 28.8 Å². The lowest BCUT2D eigenvalue weighted by molar-refractivity contribution is 0.170. The number of likely N-dealkylation sites (tertiary alicyclic amines) is 1. The highest BCUT2D eigenvalue weighted by Gasteiger charge is 2.15. The lowest BCUT2D eigenvalue weighted by atomic mass is 10.1. The number of halogens is 1. The van der Waals surface area contributed by atoms with Crippen LogP contribution in [0.15, 0.2) is 18.2 Å². The number of rotatable bonds is 3. The molecule has 3 heteroatoms. The van der Waals surface area contributed by atoms with E-state index in [1.807, 2.05) is 18.2 Å². The quantitative estimate of drug-likeness (QED) is 0.762. The van der Waals surface area contributed by atoms with Crippen LogP contribution < -0.4 is 4.74 Å². The van der Waals surface area contributed by atoms with Crippen molar-refractivity contribution in [2.45, 2.75) is 13.0 Å². The zero-order valence-corrected chi connectivity index (χ0v) is 9.05. The zero-order chi connectivity index (χ0) is 9.97. The van der Waals surface area contributed by atoms with Gasteiger partial charge in [-0.1, -0.05) is 11.6 Å². The first kappa shape index (κ1) is 9.81. The van der Waals surface area contributed by atoms with E-state index in [0.717, 1.165) is 17.3 Å². The van der Waals surface area contributed by atoms with E-state index in [1.165, 1.54) is 25.1 Å². The lowest BCUT2D eigenvalue weighted by Crippen LogP contribution is -2.36. The standard InChI is InChI=1S/C11H14ClNO/c1-14-11-4-3-10(12)7-9(11)8-13-5-2-6-13/h3-4,7H,2,5-6,8H2,1H3. The van der Waals surface area contributed by atoms with Crippen molar-refractivity contribution in [2.24, 2.45) is 0 Å². The third-order valence-electron chi connectivity index (χ3n) is 2.59. The van der Waals surface area contributed by atoms with Crippen LogP contribution >= 0.6 is 11.6 Å². The predicted octanol–water partition coefficient (Wildman–Crippen LogP) is 2.55. The number of benzene rings is 1. The maximum Gasteiger partial charge on any atom is 0.123 e. The molecule has 1 aromatic carbocycles. The number of hydrogen-bond donors (Lipinski definition) is 0. The van der Waals surface area contributed by atoms with E-state index in [0.29, 0.717) is 0 Å². The number of ether oxygens (including phenoxy) is 1. The molecular formula is C11H14ClNO. The Kier molecular flexibility index (Phi) is 2.94. The second kappa shape index (κ2) is 4.20. The average molecular weight is 212 g/mol. The second-order valence-electron chi connectivity index (χ2n) is 3.59. The Balaban J connectivity index is 2.15. The van der Waals surface area contributed by atoms with Gasteiger partial charge in [0, 0.05) is 17.1 Å². The van der Waals surface area contributed by atoms with Gasteiger partial charge in [-0.25, -0.2) is 0 Å².